The van der Waals surface area contributed by atoms with Gasteiger partial charge < -0.3 is 0 Å². The number of halogens is 2. The third-order valence-electron chi connectivity index (χ3n) is 2.84. The number of rotatable bonds is 2. The van der Waals surface area contributed by atoms with Crippen molar-refractivity contribution in [1.82, 2.24) is 0 Å². The summed E-state index contributed by atoms with van der Waals surface area (Å²) in [6, 6.07) is 12.6. The zero-order chi connectivity index (χ0) is 13.1. The van der Waals surface area contributed by atoms with E-state index >= 15 is 0 Å². The highest BCUT2D eigenvalue weighted by Gasteiger charge is 2.12. The molecule has 2 aromatic rings. The van der Waals surface area contributed by atoms with Gasteiger partial charge in [-0.05, 0) is 30.2 Å². The second-order valence-corrected chi connectivity index (χ2v) is 4.79. The lowest BCUT2D eigenvalue weighted by molar-refractivity contribution is 0.614. The normalized spacial score (nSPS) is 10.1. The van der Waals surface area contributed by atoms with E-state index in [2.05, 4.69) is 22.0 Å². The number of nitriles is 1. The van der Waals surface area contributed by atoms with Crippen LogP contribution in [0.2, 0.25) is 0 Å². The smallest absolute Gasteiger partial charge is 0.135 e. The summed E-state index contributed by atoms with van der Waals surface area (Å²) in [7, 11) is 0. The van der Waals surface area contributed by atoms with Gasteiger partial charge in [-0.15, -0.1) is 0 Å². The summed E-state index contributed by atoms with van der Waals surface area (Å²) in [6.45, 7) is 1.92. The van der Waals surface area contributed by atoms with Crippen molar-refractivity contribution in [3.05, 3.63) is 57.8 Å². The zero-order valence-electron chi connectivity index (χ0n) is 9.87. The number of benzene rings is 2. The fourth-order valence-corrected chi connectivity index (χ4v) is 2.49. The van der Waals surface area contributed by atoms with E-state index in [4.69, 9.17) is 5.26 Å². The minimum Gasteiger partial charge on any atom is -0.206 e. The second-order valence-electron chi connectivity index (χ2n) is 3.93. The average Bonchev–Trinajstić information content (AvgIpc) is 2.39. The molecule has 0 radical (unpaired) electrons. The van der Waals surface area contributed by atoms with Crippen molar-refractivity contribution in [2.45, 2.75) is 13.3 Å². The molecule has 0 aliphatic carbocycles. The van der Waals surface area contributed by atoms with Gasteiger partial charge in [-0.2, -0.15) is 5.26 Å². The molecule has 18 heavy (non-hydrogen) atoms. The monoisotopic (exact) mass is 303 g/mol. The predicted molar refractivity (Wildman–Crippen MR) is 73.6 cm³/mol. The SMILES string of the molecule is CCc1c(Br)ccc(-c2cccc(C#N)c2)c1F. The number of hydrogen-bond acceptors (Lipinski definition) is 1. The summed E-state index contributed by atoms with van der Waals surface area (Å²) in [6.07, 6.45) is 0.623. The molecule has 0 heterocycles. The number of nitrogens with zero attached hydrogens (tertiary/aromatic N) is 1. The summed E-state index contributed by atoms with van der Waals surface area (Å²) in [5, 5.41) is 8.87. The quantitative estimate of drug-likeness (QED) is 0.789. The Labute approximate surface area is 114 Å². The Morgan fingerprint density at radius 1 is 1.28 bits per heavy atom. The highest BCUT2D eigenvalue weighted by Crippen LogP contribution is 2.30. The molecule has 2 aromatic carbocycles. The Morgan fingerprint density at radius 3 is 2.72 bits per heavy atom. The Hall–Kier alpha value is -1.66. The topological polar surface area (TPSA) is 23.8 Å². The van der Waals surface area contributed by atoms with Crippen LogP contribution in [0, 0.1) is 17.1 Å². The van der Waals surface area contributed by atoms with E-state index in [0.717, 1.165) is 10.0 Å². The van der Waals surface area contributed by atoms with Gasteiger partial charge in [-0.25, -0.2) is 4.39 Å². The third kappa shape index (κ3) is 2.30. The van der Waals surface area contributed by atoms with Gasteiger partial charge >= 0.3 is 0 Å². The van der Waals surface area contributed by atoms with Crippen molar-refractivity contribution in [1.29, 1.82) is 5.26 Å². The predicted octanol–water partition coefficient (Wildman–Crippen LogP) is 4.69. The van der Waals surface area contributed by atoms with Gasteiger partial charge in [0.15, 0.2) is 0 Å². The van der Waals surface area contributed by atoms with Crippen LogP contribution < -0.4 is 0 Å². The van der Waals surface area contributed by atoms with Gasteiger partial charge in [-0.1, -0.05) is 41.1 Å². The molecule has 1 nitrogen and oxygen atoms in total. The zero-order valence-corrected chi connectivity index (χ0v) is 11.5. The van der Waals surface area contributed by atoms with Crippen LogP contribution in [0.4, 0.5) is 4.39 Å². The first-order chi connectivity index (χ1) is 8.67. The van der Waals surface area contributed by atoms with Gasteiger partial charge in [0.05, 0.1) is 11.6 Å². The first kappa shape index (κ1) is 12.8. The molecule has 0 N–H and O–H groups in total. The maximum Gasteiger partial charge on any atom is 0.135 e. The average molecular weight is 304 g/mol. The molecule has 0 saturated carbocycles. The molecular weight excluding hydrogens is 293 g/mol. The molecule has 0 unspecified atom stereocenters. The lowest BCUT2D eigenvalue weighted by Gasteiger charge is -2.09. The summed E-state index contributed by atoms with van der Waals surface area (Å²) < 4.78 is 15.1. The van der Waals surface area contributed by atoms with Gasteiger partial charge in [0.25, 0.3) is 0 Å². The molecule has 0 bridgehead atoms. The molecule has 0 aliphatic rings. The fourth-order valence-electron chi connectivity index (χ4n) is 1.90. The van der Waals surface area contributed by atoms with Gasteiger partial charge in [0.2, 0.25) is 0 Å². The molecule has 0 saturated heterocycles. The van der Waals surface area contributed by atoms with Crippen LogP contribution in [-0.4, -0.2) is 0 Å². The van der Waals surface area contributed by atoms with E-state index in [0.29, 0.717) is 23.1 Å². The fraction of sp³-hybridized carbons (Fsp3) is 0.133. The Balaban J connectivity index is 2.61. The molecule has 0 aliphatic heterocycles. The van der Waals surface area contributed by atoms with E-state index in [1.54, 1.807) is 24.3 Å². The van der Waals surface area contributed by atoms with E-state index in [1.807, 2.05) is 19.1 Å². The Bertz CT molecular complexity index is 629. The summed E-state index contributed by atoms with van der Waals surface area (Å²) in [4.78, 5) is 0. The second kappa shape index (κ2) is 5.32. The van der Waals surface area contributed by atoms with Crippen LogP contribution >= 0.6 is 15.9 Å². The van der Waals surface area contributed by atoms with Crippen molar-refractivity contribution in [2.24, 2.45) is 0 Å². The molecule has 0 atom stereocenters. The van der Waals surface area contributed by atoms with E-state index in [9.17, 15) is 4.39 Å². The summed E-state index contributed by atoms with van der Waals surface area (Å²) >= 11 is 3.35. The first-order valence-electron chi connectivity index (χ1n) is 5.64. The van der Waals surface area contributed by atoms with Crippen LogP contribution in [0.5, 0.6) is 0 Å². The first-order valence-corrected chi connectivity index (χ1v) is 6.44. The summed E-state index contributed by atoms with van der Waals surface area (Å²) in [5.41, 5.74) is 2.46. The van der Waals surface area contributed by atoms with Crippen molar-refractivity contribution in [2.75, 3.05) is 0 Å². The van der Waals surface area contributed by atoms with E-state index in [1.165, 1.54) is 0 Å². The minimum absolute atomic E-state index is 0.220. The number of hydrogen-bond donors (Lipinski definition) is 0. The highest BCUT2D eigenvalue weighted by molar-refractivity contribution is 9.10. The van der Waals surface area contributed by atoms with E-state index in [-0.39, 0.29) is 5.82 Å². The van der Waals surface area contributed by atoms with Crippen LogP contribution in [0.3, 0.4) is 0 Å². The summed E-state index contributed by atoms with van der Waals surface area (Å²) in [5.74, 6) is -0.220. The van der Waals surface area contributed by atoms with Crippen molar-refractivity contribution in [3.8, 4) is 17.2 Å². The standard InChI is InChI=1S/C15H11BrFN/c1-2-12-14(16)7-6-13(15(12)17)11-5-3-4-10(8-11)9-18/h3-8H,2H2,1H3. The maximum absolute atomic E-state index is 14.3. The Kier molecular flexibility index (Phi) is 3.78. The van der Waals surface area contributed by atoms with Crippen molar-refractivity contribution >= 4 is 15.9 Å². The molecule has 0 amide bonds. The van der Waals surface area contributed by atoms with Crippen LogP contribution in [-0.2, 0) is 6.42 Å². The molecule has 3 heteroatoms. The van der Waals surface area contributed by atoms with Crippen LogP contribution in [0.15, 0.2) is 40.9 Å². The van der Waals surface area contributed by atoms with Gasteiger partial charge in [0.1, 0.15) is 5.82 Å². The molecular formula is C15H11BrFN. The van der Waals surface area contributed by atoms with E-state index < -0.39 is 0 Å². The highest BCUT2D eigenvalue weighted by atomic mass is 79.9. The van der Waals surface area contributed by atoms with Crippen molar-refractivity contribution in [3.63, 3.8) is 0 Å². The van der Waals surface area contributed by atoms with Crippen LogP contribution in [0.25, 0.3) is 11.1 Å². The lowest BCUT2D eigenvalue weighted by Crippen LogP contribution is -1.94. The maximum atomic E-state index is 14.3. The van der Waals surface area contributed by atoms with Crippen LogP contribution in [0.1, 0.15) is 18.1 Å². The largest absolute Gasteiger partial charge is 0.206 e. The Morgan fingerprint density at radius 2 is 2.06 bits per heavy atom. The molecule has 0 aromatic heterocycles. The molecule has 90 valence electrons. The minimum atomic E-state index is -0.220. The van der Waals surface area contributed by atoms with Gasteiger partial charge in [0, 0.05) is 15.6 Å². The molecule has 0 fully saturated rings. The van der Waals surface area contributed by atoms with Gasteiger partial charge in [-0.3, -0.25) is 0 Å². The molecule has 0 spiro atoms. The third-order valence-corrected chi connectivity index (χ3v) is 3.59. The van der Waals surface area contributed by atoms with Crippen molar-refractivity contribution < 1.29 is 4.39 Å². The molecule has 2 rings (SSSR count). The lowest BCUT2D eigenvalue weighted by atomic mass is 9.99.